The van der Waals surface area contributed by atoms with Crippen molar-refractivity contribution in [2.45, 2.75) is 46.5 Å². The first-order valence-corrected chi connectivity index (χ1v) is 8.22. The molecule has 116 valence electrons. The second-order valence-corrected chi connectivity index (χ2v) is 6.43. The Labute approximate surface area is 128 Å². The summed E-state index contributed by atoms with van der Waals surface area (Å²) in [5.74, 6) is 1.50. The highest BCUT2D eigenvalue weighted by atomic mass is 16.1. The summed E-state index contributed by atoms with van der Waals surface area (Å²) in [4.78, 5) is 12.5. The number of anilines is 1. The number of amides is 1. The fraction of sp³-hybridized carbons (Fsp3) is 0.611. The van der Waals surface area contributed by atoms with Gasteiger partial charge < -0.3 is 10.6 Å². The molecule has 0 aromatic heterocycles. The van der Waals surface area contributed by atoms with Crippen molar-refractivity contribution in [3.63, 3.8) is 0 Å². The lowest BCUT2D eigenvalue weighted by Crippen LogP contribution is -2.32. The van der Waals surface area contributed by atoms with Crippen molar-refractivity contribution in [2.75, 3.05) is 18.4 Å². The number of aryl methyl sites for hydroxylation is 1. The molecule has 0 heterocycles. The maximum absolute atomic E-state index is 12.5. The van der Waals surface area contributed by atoms with Crippen LogP contribution in [0.5, 0.6) is 0 Å². The summed E-state index contributed by atoms with van der Waals surface area (Å²) in [5, 5.41) is 6.40. The molecule has 1 fully saturated rings. The molecule has 2 atom stereocenters. The minimum atomic E-state index is 0.0490. The first-order chi connectivity index (χ1) is 10.1. The van der Waals surface area contributed by atoms with Crippen LogP contribution >= 0.6 is 0 Å². The van der Waals surface area contributed by atoms with Gasteiger partial charge in [0.25, 0.3) is 5.91 Å². The quantitative estimate of drug-likeness (QED) is 0.860. The Morgan fingerprint density at radius 2 is 2.14 bits per heavy atom. The minimum Gasteiger partial charge on any atom is -0.385 e. The van der Waals surface area contributed by atoms with Gasteiger partial charge in [-0.25, -0.2) is 0 Å². The van der Waals surface area contributed by atoms with Crippen molar-refractivity contribution in [3.8, 4) is 0 Å². The summed E-state index contributed by atoms with van der Waals surface area (Å²) in [5.41, 5.74) is 2.81. The Morgan fingerprint density at radius 1 is 1.33 bits per heavy atom. The average molecular weight is 288 g/mol. The van der Waals surface area contributed by atoms with Crippen LogP contribution in [0.3, 0.4) is 0 Å². The Kier molecular flexibility index (Phi) is 5.66. The fourth-order valence-electron chi connectivity index (χ4n) is 3.27. The van der Waals surface area contributed by atoms with Gasteiger partial charge in [0, 0.05) is 18.8 Å². The van der Waals surface area contributed by atoms with Crippen LogP contribution in [0.15, 0.2) is 18.2 Å². The third-order valence-electron chi connectivity index (χ3n) is 4.38. The summed E-state index contributed by atoms with van der Waals surface area (Å²) in [6.45, 7) is 8.02. The van der Waals surface area contributed by atoms with Crippen molar-refractivity contribution in [2.24, 2.45) is 11.8 Å². The number of hydrogen-bond acceptors (Lipinski definition) is 2. The molecule has 21 heavy (non-hydrogen) atoms. The van der Waals surface area contributed by atoms with E-state index in [1.165, 1.54) is 25.7 Å². The van der Waals surface area contributed by atoms with E-state index in [0.29, 0.717) is 5.92 Å². The monoisotopic (exact) mass is 288 g/mol. The van der Waals surface area contributed by atoms with Gasteiger partial charge in [0.15, 0.2) is 0 Å². The van der Waals surface area contributed by atoms with Gasteiger partial charge in [-0.15, -0.1) is 0 Å². The summed E-state index contributed by atoms with van der Waals surface area (Å²) in [6.07, 6.45) is 5.13. The van der Waals surface area contributed by atoms with Gasteiger partial charge in [-0.3, -0.25) is 4.79 Å². The Morgan fingerprint density at radius 3 is 2.86 bits per heavy atom. The third kappa shape index (κ3) is 4.48. The highest BCUT2D eigenvalue weighted by Gasteiger charge is 2.20. The predicted octanol–water partition coefficient (Wildman–Crippen LogP) is 3.98. The van der Waals surface area contributed by atoms with Crippen molar-refractivity contribution >= 4 is 11.6 Å². The maximum Gasteiger partial charge on any atom is 0.253 e. The molecule has 2 rings (SSSR count). The van der Waals surface area contributed by atoms with Crippen LogP contribution < -0.4 is 10.6 Å². The van der Waals surface area contributed by atoms with Gasteiger partial charge in [0.2, 0.25) is 0 Å². The van der Waals surface area contributed by atoms with Crippen LogP contribution in [0.2, 0.25) is 0 Å². The Balaban J connectivity index is 1.97. The van der Waals surface area contributed by atoms with Gasteiger partial charge in [-0.05, 0) is 50.7 Å². The Hall–Kier alpha value is -1.51. The van der Waals surface area contributed by atoms with Crippen LogP contribution in [0.4, 0.5) is 5.69 Å². The SMILES string of the molecule is CCNc1ccc(C)cc1C(=O)NCC1CCCC(C)C1. The molecule has 1 aliphatic carbocycles. The summed E-state index contributed by atoms with van der Waals surface area (Å²) < 4.78 is 0. The zero-order valence-corrected chi connectivity index (χ0v) is 13.5. The number of carbonyl (C=O) groups is 1. The lowest BCUT2D eigenvalue weighted by atomic mass is 9.82. The molecule has 1 amide bonds. The van der Waals surface area contributed by atoms with E-state index >= 15 is 0 Å². The van der Waals surface area contributed by atoms with Gasteiger partial charge in [-0.2, -0.15) is 0 Å². The van der Waals surface area contributed by atoms with Crippen LogP contribution in [0.25, 0.3) is 0 Å². The number of hydrogen-bond donors (Lipinski definition) is 2. The van der Waals surface area contributed by atoms with Gasteiger partial charge >= 0.3 is 0 Å². The molecular formula is C18H28N2O. The molecule has 0 radical (unpaired) electrons. The molecule has 1 aromatic carbocycles. The minimum absolute atomic E-state index is 0.0490. The molecular weight excluding hydrogens is 260 g/mol. The van der Waals surface area contributed by atoms with E-state index in [9.17, 15) is 4.79 Å². The van der Waals surface area contributed by atoms with Crippen LogP contribution in [0, 0.1) is 18.8 Å². The summed E-state index contributed by atoms with van der Waals surface area (Å²) in [7, 11) is 0. The molecule has 0 aliphatic heterocycles. The number of benzene rings is 1. The maximum atomic E-state index is 12.5. The summed E-state index contributed by atoms with van der Waals surface area (Å²) >= 11 is 0. The molecule has 3 nitrogen and oxygen atoms in total. The Bertz CT molecular complexity index is 484. The topological polar surface area (TPSA) is 41.1 Å². The second-order valence-electron chi connectivity index (χ2n) is 6.43. The first kappa shape index (κ1) is 15.9. The van der Waals surface area contributed by atoms with E-state index in [1.807, 2.05) is 32.0 Å². The normalized spacial score (nSPS) is 21.9. The van der Waals surface area contributed by atoms with E-state index in [2.05, 4.69) is 17.6 Å². The van der Waals surface area contributed by atoms with E-state index in [1.54, 1.807) is 0 Å². The van der Waals surface area contributed by atoms with Crippen molar-refractivity contribution in [3.05, 3.63) is 29.3 Å². The van der Waals surface area contributed by atoms with E-state index in [4.69, 9.17) is 0 Å². The highest BCUT2D eigenvalue weighted by Crippen LogP contribution is 2.28. The average Bonchev–Trinajstić information content (AvgIpc) is 2.47. The molecule has 0 spiro atoms. The molecule has 0 saturated heterocycles. The van der Waals surface area contributed by atoms with Crippen LogP contribution in [0.1, 0.15) is 55.5 Å². The second kappa shape index (κ2) is 7.48. The molecule has 2 unspecified atom stereocenters. The highest BCUT2D eigenvalue weighted by molar-refractivity contribution is 5.99. The van der Waals surface area contributed by atoms with Gasteiger partial charge in [0.1, 0.15) is 0 Å². The van der Waals surface area contributed by atoms with Crippen molar-refractivity contribution in [1.82, 2.24) is 5.32 Å². The number of carbonyl (C=O) groups excluding carboxylic acids is 1. The van der Waals surface area contributed by atoms with Crippen LogP contribution in [-0.4, -0.2) is 19.0 Å². The standard InChI is InChI=1S/C18H28N2O/c1-4-19-17-9-8-14(3)11-16(17)18(21)20-12-15-7-5-6-13(2)10-15/h8-9,11,13,15,19H,4-7,10,12H2,1-3H3,(H,20,21). The molecule has 1 saturated carbocycles. The fourth-order valence-corrected chi connectivity index (χ4v) is 3.27. The van der Waals surface area contributed by atoms with E-state index in [0.717, 1.165) is 35.8 Å². The number of rotatable bonds is 5. The van der Waals surface area contributed by atoms with E-state index in [-0.39, 0.29) is 5.91 Å². The lowest BCUT2D eigenvalue weighted by Gasteiger charge is -2.26. The third-order valence-corrected chi connectivity index (χ3v) is 4.38. The predicted molar refractivity (Wildman–Crippen MR) is 88.8 cm³/mol. The molecule has 1 aliphatic rings. The molecule has 2 N–H and O–H groups in total. The smallest absolute Gasteiger partial charge is 0.253 e. The molecule has 0 bridgehead atoms. The van der Waals surface area contributed by atoms with E-state index < -0.39 is 0 Å². The molecule has 1 aromatic rings. The summed E-state index contributed by atoms with van der Waals surface area (Å²) in [6, 6.07) is 6.00. The van der Waals surface area contributed by atoms with Crippen LogP contribution in [-0.2, 0) is 0 Å². The van der Waals surface area contributed by atoms with Gasteiger partial charge in [0.05, 0.1) is 5.56 Å². The lowest BCUT2D eigenvalue weighted by molar-refractivity contribution is 0.0941. The first-order valence-electron chi connectivity index (χ1n) is 8.22. The van der Waals surface area contributed by atoms with Crippen molar-refractivity contribution in [1.29, 1.82) is 0 Å². The zero-order valence-electron chi connectivity index (χ0n) is 13.5. The number of nitrogens with one attached hydrogen (secondary N) is 2. The molecule has 3 heteroatoms. The van der Waals surface area contributed by atoms with Gasteiger partial charge in [-0.1, -0.05) is 31.4 Å². The van der Waals surface area contributed by atoms with Crippen molar-refractivity contribution < 1.29 is 4.79 Å². The zero-order chi connectivity index (χ0) is 15.2. The largest absolute Gasteiger partial charge is 0.385 e.